The normalized spacial score (nSPS) is 15.7. The van der Waals surface area contributed by atoms with Gasteiger partial charge in [-0.15, -0.1) is 0 Å². The van der Waals surface area contributed by atoms with Gasteiger partial charge in [0.25, 0.3) is 10.0 Å². The molecule has 0 aromatic heterocycles. The highest BCUT2D eigenvalue weighted by atomic mass is 32.2. The summed E-state index contributed by atoms with van der Waals surface area (Å²) >= 11 is 0. The van der Waals surface area contributed by atoms with Gasteiger partial charge in [0.15, 0.2) is 0 Å². The van der Waals surface area contributed by atoms with Crippen LogP contribution < -0.4 is 0 Å². The molecule has 2 rings (SSSR count). The smallest absolute Gasteiger partial charge is 0.263 e. The first-order valence-corrected chi connectivity index (χ1v) is 9.51. The molecule has 0 amide bonds. The van der Waals surface area contributed by atoms with Gasteiger partial charge in [0, 0.05) is 12.7 Å². The topological polar surface area (TPSA) is 37.4 Å². The van der Waals surface area contributed by atoms with Crippen molar-refractivity contribution in [3.63, 3.8) is 0 Å². The molecule has 0 atom stereocenters. The summed E-state index contributed by atoms with van der Waals surface area (Å²) in [5.41, 5.74) is 4.52. The quantitative estimate of drug-likeness (QED) is 0.810. The molecule has 124 valence electrons. The Hall–Kier alpha value is -1.81. The van der Waals surface area contributed by atoms with Gasteiger partial charge in [0.1, 0.15) is 0 Å². The Bertz CT molecular complexity index is 734. The zero-order valence-corrected chi connectivity index (χ0v) is 15.0. The van der Waals surface area contributed by atoms with E-state index in [-0.39, 0.29) is 0 Å². The van der Waals surface area contributed by atoms with Gasteiger partial charge in [-0.1, -0.05) is 43.7 Å². The molecule has 1 aromatic carbocycles. The maximum absolute atomic E-state index is 12.8. The molecule has 1 aliphatic heterocycles. The second-order valence-electron chi connectivity index (χ2n) is 5.81. The summed E-state index contributed by atoms with van der Waals surface area (Å²) in [6.07, 6.45) is 6.12. The van der Waals surface area contributed by atoms with Crippen LogP contribution in [-0.4, -0.2) is 19.3 Å². The van der Waals surface area contributed by atoms with Gasteiger partial charge in [-0.3, -0.25) is 4.31 Å². The highest BCUT2D eigenvalue weighted by Gasteiger charge is 2.23. The Morgan fingerprint density at radius 2 is 1.78 bits per heavy atom. The van der Waals surface area contributed by atoms with Gasteiger partial charge in [0.2, 0.25) is 0 Å². The summed E-state index contributed by atoms with van der Waals surface area (Å²) in [6.45, 7) is 10.8. The molecule has 0 fully saturated rings. The lowest BCUT2D eigenvalue weighted by molar-refractivity contribution is 0.502. The Morgan fingerprint density at radius 1 is 1.17 bits per heavy atom. The van der Waals surface area contributed by atoms with E-state index in [0.717, 1.165) is 24.0 Å². The fraction of sp³-hybridized carbons (Fsp3) is 0.368. The zero-order chi connectivity index (χ0) is 17.0. The van der Waals surface area contributed by atoms with Crippen molar-refractivity contribution in [2.24, 2.45) is 0 Å². The fourth-order valence-electron chi connectivity index (χ4n) is 2.86. The molecule has 0 N–H and O–H groups in total. The average Bonchev–Trinajstić information content (AvgIpc) is 2.72. The van der Waals surface area contributed by atoms with Crippen molar-refractivity contribution in [2.75, 3.05) is 6.54 Å². The van der Waals surface area contributed by atoms with Gasteiger partial charge < -0.3 is 0 Å². The van der Waals surface area contributed by atoms with Gasteiger partial charge in [0.05, 0.1) is 4.90 Å². The lowest BCUT2D eigenvalue weighted by Crippen LogP contribution is -2.26. The minimum atomic E-state index is -3.51. The maximum Gasteiger partial charge on any atom is 0.263 e. The number of aryl methyl sites for hydroxylation is 1. The molecule has 3 nitrogen and oxygen atoms in total. The number of sulfonamides is 1. The summed E-state index contributed by atoms with van der Waals surface area (Å²) < 4.78 is 27.0. The van der Waals surface area contributed by atoms with Gasteiger partial charge in [-0.05, 0) is 55.5 Å². The number of hydrogen-bond acceptors (Lipinski definition) is 2. The maximum atomic E-state index is 12.8. The van der Waals surface area contributed by atoms with Crippen LogP contribution in [0.5, 0.6) is 0 Å². The largest absolute Gasteiger partial charge is 0.273 e. The molecule has 0 radical (unpaired) electrons. The van der Waals surface area contributed by atoms with E-state index in [1.165, 1.54) is 15.5 Å². The van der Waals surface area contributed by atoms with Crippen LogP contribution >= 0.6 is 0 Å². The number of rotatable bonds is 4. The van der Waals surface area contributed by atoms with Crippen LogP contribution in [0.1, 0.15) is 38.7 Å². The second kappa shape index (κ2) is 7.18. The molecule has 1 aliphatic rings. The Morgan fingerprint density at radius 3 is 2.35 bits per heavy atom. The summed E-state index contributed by atoms with van der Waals surface area (Å²) in [5.74, 6) is 0. The number of hydrogen-bond donors (Lipinski definition) is 0. The van der Waals surface area contributed by atoms with E-state index in [0.29, 0.717) is 17.9 Å². The summed E-state index contributed by atoms with van der Waals surface area (Å²) in [6, 6.07) is 6.98. The van der Waals surface area contributed by atoms with Crippen LogP contribution in [0.2, 0.25) is 0 Å². The highest BCUT2D eigenvalue weighted by molar-refractivity contribution is 7.89. The Balaban J connectivity index is 2.33. The summed E-state index contributed by atoms with van der Waals surface area (Å²) in [7, 11) is -3.51. The number of benzene rings is 1. The van der Waals surface area contributed by atoms with Crippen molar-refractivity contribution in [1.29, 1.82) is 0 Å². The number of nitrogens with zero attached hydrogens (tertiary/aromatic N) is 1. The molecule has 1 heterocycles. The second-order valence-corrected chi connectivity index (χ2v) is 7.70. The van der Waals surface area contributed by atoms with Crippen molar-refractivity contribution in [1.82, 2.24) is 4.31 Å². The first kappa shape index (κ1) is 17.5. The minimum Gasteiger partial charge on any atom is -0.273 e. The van der Waals surface area contributed by atoms with Crippen LogP contribution in [0.15, 0.2) is 64.7 Å². The minimum absolute atomic E-state index is 0.331. The standard InChI is InChI=1S/C19H25NO2S/c1-5-17(6-2)19-12-14-20(13-11-16(19)4)23(21,22)18-9-7-15(3)8-10-18/h7-11,13H,4-6,12,14H2,1-3H3. The van der Waals surface area contributed by atoms with E-state index in [4.69, 9.17) is 0 Å². The molecule has 23 heavy (non-hydrogen) atoms. The average molecular weight is 331 g/mol. The molecule has 4 heteroatoms. The predicted molar refractivity (Wildman–Crippen MR) is 95.6 cm³/mol. The molecule has 1 aromatic rings. The van der Waals surface area contributed by atoms with Crippen molar-refractivity contribution < 1.29 is 8.42 Å². The van der Waals surface area contributed by atoms with Gasteiger partial charge in [-0.25, -0.2) is 8.42 Å². The SMILES string of the molecule is C=C1C=CN(S(=O)(=O)c2ccc(C)cc2)CCC1=C(CC)CC. The van der Waals surface area contributed by atoms with E-state index >= 15 is 0 Å². The van der Waals surface area contributed by atoms with Gasteiger partial charge >= 0.3 is 0 Å². The molecule has 0 spiro atoms. The van der Waals surface area contributed by atoms with Crippen LogP contribution in [0.4, 0.5) is 0 Å². The molecule has 0 saturated carbocycles. The van der Waals surface area contributed by atoms with E-state index < -0.39 is 10.0 Å². The lowest BCUT2D eigenvalue weighted by Gasteiger charge is -2.19. The molecule has 0 unspecified atom stereocenters. The predicted octanol–water partition coefficient (Wildman–Crippen LogP) is 4.58. The third-order valence-electron chi connectivity index (χ3n) is 4.32. The molecule has 0 saturated heterocycles. The summed E-state index contributed by atoms with van der Waals surface area (Å²) in [5, 5.41) is 0. The van der Waals surface area contributed by atoms with Crippen LogP contribution in [-0.2, 0) is 10.0 Å². The van der Waals surface area contributed by atoms with Crippen molar-refractivity contribution in [2.45, 2.75) is 44.9 Å². The fourth-order valence-corrected chi connectivity index (χ4v) is 4.16. The van der Waals surface area contributed by atoms with Gasteiger partial charge in [-0.2, -0.15) is 0 Å². The van der Waals surface area contributed by atoms with E-state index in [1.807, 2.05) is 25.1 Å². The molecule has 0 aliphatic carbocycles. The van der Waals surface area contributed by atoms with Crippen molar-refractivity contribution >= 4 is 10.0 Å². The molecule has 0 bridgehead atoms. The van der Waals surface area contributed by atoms with Crippen LogP contribution in [0.25, 0.3) is 0 Å². The van der Waals surface area contributed by atoms with E-state index in [9.17, 15) is 8.42 Å². The first-order chi connectivity index (χ1) is 10.9. The van der Waals surface area contributed by atoms with Crippen LogP contribution in [0, 0.1) is 6.92 Å². The number of allylic oxidation sites excluding steroid dienone is 3. The molecular formula is C19H25NO2S. The Labute approximate surface area is 140 Å². The van der Waals surface area contributed by atoms with E-state index in [2.05, 4.69) is 20.4 Å². The van der Waals surface area contributed by atoms with Crippen molar-refractivity contribution in [3.05, 3.63) is 65.4 Å². The lowest BCUT2D eigenvalue weighted by atomic mass is 9.95. The monoisotopic (exact) mass is 331 g/mol. The molecular weight excluding hydrogens is 306 g/mol. The third kappa shape index (κ3) is 3.75. The highest BCUT2D eigenvalue weighted by Crippen LogP contribution is 2.28. The summed E-state index contributed by atoms with van der Waals surface area (Å²) in [4.78, 5) is 0.331. The first-order valence-electron chi connectivity index (χ1n) is 8.07. The van der Waals surface area contributed by atoms with Crippen LogP contribution in [0.3, 0.4) is 0 Å². The van der Waals surface area contributed by atoms with E-state index in [1.54, 1.807) is 18.3 Å². The Kier molecular flexibility index (Phi) is 5.47. The third-order valence-corrected chi connectivity index (χ3v) is 6.11. The van der Waals surface area contributed by atoms with Crippen molar-refractivity contribution in [3.8, 4) is 0 Å². The zero-order valence-electron chi connectivity index (χ0n) is 14.2.